The summed E-state index contributed by atoms with van der Waals surface area (Å²) in [7, 11) is 0. The van der Waals surface area contributed by atoms with Crippen molar-refractivity contribution in [1.82, 2.24) is 9.97 Å². The van der Waals surface area contributed by atoms with E-state index >= 15 is 0 Å². The molecule has 0 radical (unpaired) electrons. The van der Waals surface area contributed by atoms with Crippen molar-refractivity contribution in [2.45, 2.75) is 38.7 Å². The number of rotatable bonds is 3. The minimum absolute atomic E-state index is 0.0885. The van der Waals surface area contributed by atoms with Gasteiger partial charge in [-0.15, -0.1) is 0 Å². The van der Waals surface area contributed by atoms with Gasteiger partial charge in [0.25, 0.3) is 0 Å². The van der Waals surface area contributed by atoms with Crippen LogP contribution in [0, 0.1) is 5.92 Å². The monoisotopic (exact) mass is 298 g/mol. The largest absolute Gasteiger partial charge is 0.459 e. The summed E-state index contributed by atoms with van der Waals surface area (Å²) in [6, 6.07) is 0. The molecule has 1 aliphatic carbocycles. The fourth-order valence-corrected chi connectivity index (χ4v) is 2.22. The zero-order chi connectivity index (χ0) is 12.1. The lowest BCUT2D eigenvalue weighted by Crippen LogP contribution is -2.20. The second kappa shape index (κ2) is 6.10. The van der Waals surface area contributed by atoms with E-state index in [2.05, 4.69) is 25.9 Å². The molecule has 0 atom stereocenters. The molecule has 1 aliphatic rings. The number of ether oxygens (including phenoxy) is 1. The maximum absolute atomic E-state index is 11.8. The van der Waals surface area contributed by atoms with E-state index in [1.54, 1.807) is 12.4 Å². The number of hydrogen-bond donors (Lipinski definition) is 0. The van der Waals surface area contributed by atoms with Gasteiger partial charge in [-0.05, 0) is 28.8 Å². The van der Waals surface area contributed by atoms with Gasteiger partial charge in [0.1, 0.15) is 11.2 Å². The highest BCUT2D eigenvalue weighted by atomic mass is 79.9. The van der Waals surface area contributed by atoms with Gasteiger partial charge in [0, 0.05) is 0 Å². The van der Waals surface area contributed by atoms with Gasteiger partial charge in [-0.2, -0.15) is 0 Å². The summed E-state index contributed by atoms with van der Waals surface area (Å²) >= 11 is 3.21. The van der Waals surface area contributed by atoms with Crippen LogP contribution < -0.4 is 0 Å². The van der Waals surface area contributed by atoms with Crippen LogP contribution in [0.15, 0.2) is 17.0 Å². The van der Waals surface area contributed by atoms with E-state index in [-0.39, 0.29) is 18.5 Å². The highest BCUT2D eigenvalue weighted by Gasteiger charge is 2.22. The minimum Gasteiger partial charge on any atom is -0.459 e. The quantitative estimate of drug-likeness (QED) is 0.805. The lowest BCUT2D eigenvalue weighted by molar-refractivity contribution is -0.151. The van der Waals surface area contributed by atoms with Crippen molar-refractivity contribution >= 4 is 21.9 Å². The number of esters is 1. The highest BCUT2D eigenvalue weighted by Crippen LogP contribution is 2.24. The van der Waals surface area contributed by atoms with Crippen molar-refractivity contribution in [3.8, 4) is 0 Å². The molecular formula is C12H15BrN2O2. The number of carbonyl (C=O) groups is 1. The Kier molecular flexibility index (Phi) is 4.48. The maximum atomic E-state index is 11.8. The molecule has 0 aliphatic heterocycles. The molecule has 0 unspecified atom stereocenters. The fraction of sp³-hybridized carbons (Fsp3) is 0.583. The number of halogens is 1. The van der Waals surface area contributed by atoms with Crippen LogP contribution in [-0.4, -0.2) is 15.9 Å². The number of hydrogen-bond acceptors (Lipinski definition) is 4. The second-order valence-electron chi connectivity index (χ2n) is 4.27. The number of nitrogens with zero attached hydrogens (tertiary/aromatic N) is 2. The molecule has 5 heteroatoms. The Morgan fingerprint density at radius 1 is 1.29 bits per heavy atom. The van der Waals surface area contributed by atoms with Gasteiger partial charge in [0.2, 0.25) is 0 Å². The Hall–Kier alpha value is -0.970. The molecule has 1 aromatic heterocycles. The normalized spacial score (nSPS) is 16.8. The molecule has 1 aromatic rings. The van der Waals surface area contributed by atoms with E-state index in [4.69, 9.17) is 4.74 Å². The molecule has 17 heavy (non-hydrogen) atoms. The Morgan fingerprint density at radius 3 is 2.71 bits per heavy atom. The molecule has 0 spiro atoms. The van der Waals surface area contributed by atoms with Crippen molar-refractivity contribution in [2.75, 3.05) is 0 Å². The summed E-state index contributed by atoms with van der Waals surface area (Å²) in [6.07, 6.45) is 8.65. The molecule has 0 N–H and O–H groups in total. The summed E-state index contributed by atoms with van der Waals surface area (Å²) in [5, 5.41) is 0. The zero-order valence-corrected chi connectivity index (χ0v) is 11.1. The van der Waals surface area contributed by atoms with Crippen molar-refractivity contribution in [2.24, 2.45) is 5.92 Å². The van der Waals surface area contributed by atoms with Gasteiger partial charge >= 0.3 is 5.97 Å². The molecular weight excluding hydrogens is 284 g/mol. The average Bonchev–Trinajstić information content (AvgIpc) is 2.39. The predicted molar refractivity (Wildman–Crippen MR) is 66.1 cm³/mol. The summed E-state index contributed by atoms with van der Waals surface area (Å²) in [6.45, 7) is 0.218. The van der Waals surface area contributed by atoms with E-state index in [0.717, 1.165) is 25.7 Å². The zero-order valence-electron chi connectivity index (χ0n) is 9.56. The first-order valence-corrected chi connectivity index (χ1v) is 6.68. The maximum Gasteiger partial charge on any atom is 0.309 e. The molecule has 4 nitrogen and oxygen atoms in total. The standard InChI is InChI=1S/C12H15BrN2O2/c13-11-7-14-10(6-15-11)8-17-12(16)9-4-2-1-3-5-9/h6-7,9H,1-5,8H2. The van der Waals surface area contributed by atoms with Gasteiger partial charge in [-0.1, -0.05) is 19.3 Å². The lowest BCUT2D eigenvalue weighted by atomic mass is 9.89. The van der Waals surface area contributed by atoms with E-state index in [0.29, 0.717) is 10.3 Å². The molecule has 1 fully saturated rings. The van der Waals surface area contributed by atoms with Gasteiger partial charge in [0.05, 0.1) is 24.0 Å². The van der Waals surface area contributed by atoms with Crippen LogP contribution in [0.2, 0.25) is 0 Å². The van der Waals surface area contributed by atoms with Crippen molar-refractivity contribution in [3.05, 3.63) is 22.7 Å². The van der Waals surface area contributed by atoms with E-state index in [1.807, 2.05) is 0 Å². The van der Waals surface area contributed by atoms with Crippen molar-refractivity contribution in [1.29, 1.82) is 0 Å². The third kappa shape index (κ3) is 3.77. The van der Waals surface area contributed by atoms with Crippen LogP contribution in [0.1, 0.15) is 37.8 Å². The Balaban J connectivity index is 1.81. The summed E-state index contributed by atoms with van der Waals surface area (Å²) in [5.41, 5.74) is 0.678. The molecule has 2 rings (SSSR count). The third-order valence-electron chi connectivity index (χ3n) is 2.97. The van der Waals surface area contributed by atoms with E-state index in [1.165, 1.54) is 6.42 Å². The van der Waals surface area contributed by atoms with Crippen molar-refractivity contribution < 1.29 is 9.53 Å². The Bertz CT molecular complexity index is 375. The number of aromatic nitrogens is 2. The summed E-state index contributed by atoms with van der Waals surface area (Å²) < 4.78 is 5.93. The predicted octanol–water partition coefficient (Wildman–Crippen LogP) is 2.86. The van der Waals surface area contributed by atoms with Gasteiger partial charge in [-0.25, -0.2) is 4.98 Å². The Morgan fingerprint density at radius 2 is 2.06 bits per heavy atom. The molecule has 92 valence electrons. The van der Waals surface area contributed by atoms with Crippen LogP contribution in [0.3, 0.4) is 0 Å². The molecule has 1 saturated carbocycles. The average molecular weight is 299 g/mol. The van der Waals surface area contributed by atoms with Crippen LogP contribution in [-0.2, 0) is 16.1 Å². The van der Waals surface area contributed by atoms with Gasteiger partial charge in [0.15, 0.2) is 0 Å². The topological polar surface area (TPSA) is 52.1 Å². The highest BCUT2D eigenvalue weighted by molar-refractivity contribution is 9.10. The summed E-state index contributed by atoms with van der Waals surface area (Å²) in [5.74, 6) is 0.00146. The molecule has 0 aromatic carbocycles. The van der Waals surface area contributed by atoms with Crippen molar-refractivity contribution in [3.63, 3.8) is 0 Å². The molecule has 1 heterocycles. The third-order valence-corrected chi connectivity index (χ3v) is 3.38. The van der Waals surface area contributed by atoms with Crippen LogP contribution in [0.5, 0.6) is 0 Å². The smallest absolute Gasteiger partial charge is 0.309 e. The van der Waals surface area contributed by atoms with Crippen LogP contribution in [0.25, 0.3) is 0 Å². The molecule has 0 saturated heterocycles. The van der Waals surface area contributed by atoms with Gasteiger partial charge in [-0.3, -0.25) is 9.78 Å². The first kappa shape index (κ1) is 12.5. The van der Waals surface area contributed by atoms with Gasteiger partial charge < -0.3 is 4.74 Å². The molecule has 0 amide bonds. The summed E-state index contributed by atoms with van der Waals surface area (Å²) in [4.78, 5) is 19.9. The first-order valence-electron chi connectivity index (χ1n) is 5.89. The number of carbonyl (C=O) groups excluding carboxylic acids is 1. The first-order chi connectivity index (χ1) is 8.25. The lowest BCUT2D eigenvalue weighted by Gasteiger charge is -2.19. The molecule has 0 bridgehead atoms. The minimum atomic E-state index is -0.0885. The fourth-order valence-electron chi connectivity index (χ4n) is 2.01. The Labute approximate surface area is 109 Å². The second-order valence-corrected chi connectivity index (χ2v) is 5.09. The van der Waals surface area contributed by atoms with Crippen LogP contribution in [0.4, 0.5) is 0 Å². The SMILES string of the molecule is O=C(OCc1cnc(Br)cn1)C1CCCCC1. The van der Waals surface area contributed by atoms with Crippen LogP contribution >= 0.6 is 15.9 Å². The van der Waals surface area contributed by atoms with E-state index in [9.17, 15) is 4.79 Å². The van der Waals surface area contributed by atoms with E-state index < -0.39 is 0 Å².